The van der Waals surface area contributed by atoms with Crippen LogP contribution in [0.1, 0.15) is 63.4 Å². The molecule has 1 aromatic carbocycles. The number of hydrogen-bond acceptors (Lipinski definition) is 2. The summed E-state index contributed by atoms with van der Waals surface area (Å²) in [6.45, 7) is 2.23. The molecule has 1 saturated carbocycles. The molecule has 1 aromatic rings. The van der Waals surface area contributed by atoms with Gasteiger partial charge in [-0.05, 0) is 49.1 Å². The van der Waals surface area contributed by atoms with Gasteiger partial charge in [-0.25, -0.2) is 4.39 Å². The maximum Gasteiger partial charge on any atom is 0.491 e. The van der Waals surface area contributed by atoms with Crippen molar-refractivity contribution in [3.05, 3.63) is 29.6 Å². The zero-order valence-corrected chi connectivity index (χ0v) is 12.2. The van der Waals surface area contributed by atoms with Gasteiger partial charge in [0.2, 0.25) is 0 Å². The summed E-state index contributed by atoms with van der Waals surface area (Å²) in [5.74, 6) is 0.757. The minimum atomic E-state index is -1.73. The molecule has 0 aromatic heterocycles. The normalized spacial score (nSPS) is 22.8. The van der Waals surface area contributed by atoms with Gasteiger partial charge >= 0.3 is 7.12 Å². The van der Waals surface area contributed by atoms with E-state index in [9.17, 15) is 4.39 Å². The molecule has 0 aliphatic heterocycles. The van der Waals surface area contributed by atoms with E-state index in [4.69, 9.17) is 10.0 Å². The fraction of sp³-hybridized carbons (Fsp3) is 0.625. The standard InChI is InChI=1S/C16H24BFO2/c1-2-3-4-12-5-7-13(8-6-12)14-9-10-15(17(19)20)16(18)11-14/h9-13,19-20H,2-8H2,1H3. The third kappa shape index (κ3) is 3.83. The van der Waals surface area contributed by atoms with E-state index in [1.54, 1.807) is 0 Å². The van der Waals surface area contributed by atoms with Crippen molar-refractivity contribution in [2.45, 2.75) is 57.8 Å². The first kappa shape index (κ1) is 15.5. The Labute approximate surface area is 121 Å². The lowest BCUT2D eigenvalue weighted by Crippen LogP contribution is -2.32. The van der Waals surface area contributed by atoms with Crippen molar-refractivity contribution in [2.24, 2.45) is 5.92 Å². The molecule has 1 aliphatic carbocycles. The van der Waals surface area contributed by atoms with Crippen molar-refractivity contribution in [3.63, 3.8) is 0 Å². The smallest absolute Gasteiger partial charge is 0.423 e. The van der Waals surface area contributed by atoms with Crippen molar-refractivity contribution in [3.8, 4) is 0 Å². The van der Waals surface area contributed by atoms with Gasteiger partial charge < -0.3 is 10.0 Å². The largest absolute Gasteiger partial charge is 0.491 e. The SMILES string of the molecule is CCCCC1CCC(c2ccc(B(O)O)c(F)c2)CC1. The molecule has 0 amide bonds. The minimum absolute atomic E-state index is 0.0367. The molecule has 2 rings (SSSR count). The second-order valence-corrected chi connectivity index (χ2v) is 6.01. The molecular formula is C16H24BFO2. The lowest BCUT2D eigenvalue weighted by atomic mass is 9.75. The third-order valence-electron chi connectivity index (χ3n) is 4.59. The van der Waals surface area contributed by atoms with Crippen LogP contribution in [-0.2, 0) is 0 Å². The van der Waals surface area contributed by atoms with Gasteiger partial charge in [0.15, 0.2) is 0 Å². The molecule has 20 heavy (non-hydrogen) atoms. The molecule has 1 fully saturated rings. The number of halogens is 1. The molecule has 110 valence electrons. The molecule has 0 atom stereocenters. The van der Waals surface area contributed by atoms with E-state index in [1.807, 2.05) is 6.07 Å². The van der Waals surface area contributed by atoms with Gasteiger partial charge in [0.25, 0.3) is 0 Å². The van der Waals surface area contributed by atoms with Gasteiger partial charge in [-0.1, -0.05) is 38.3 Å². The molecule has 0 radical (unpaired) electrons. The van der Waals surface area contributed by atoms with Crippen LogP contribution in [0, 0.1) is 11.7 Å². The summed E-state index contributed by atoms with van der Waals surface area (Å²) < 4.78 is 13.8. The van der Waals surface area contributed by atoms with Crippen LogP contribution >= 0.6 is 0 Å². The average Bonchev–Trinajstić information content (AvgIpc) is 2.45. The van der Waals surface area contributed by atoms with Gasteiger partial charge in [-0.15, -0.1) is 0 Å². The molecule has 2 nitrogen and oxygen atoms in total. The lowest BCUT2D eigenvalue weighted by molar-refractivity contribution is 0.304. The van der Waals surface area contributed by atoms with E-state index < -0.39 is 12.9 Å². The Bertz CT molecular complexity index is 428. The Hall–Kier alpha value is -0.865. The minimum Gasteiger partial charge on any atom is -0.423 e. The summed E-state index contributed by atoms with van der Waals surface area (Å²) in [5.41, 5.74) is 0.964. The van der Waals surface area contributed by atoms with Crippen molar-refractivity contribution in [2.75, 3.05) is 0 Å². The monoisotopic (exact) mass is 278 g/mol. The van der Waals surface area contributed by atoms with E-state index in [0.29, 0.717) is 5.92 Å². The second kappa shape index (κ2) is 7.23. The van der Waals surface area contributed by atoms with Crippen LogP contribution in [0.2, 0.25) is 0 Å². The summed E-state index contributed by atoms with van der Waals surface area (Å²) in [5, 5.41) is 18.1. The van der Waals surface area contributed by atoms with Crippen molar-refractivity contribution in [1.82, 2.24) is 0 Å². The molecule has 2 N–H and O–H groups in total. The highest BCUT2D eigenvalue weighted by Gasteiger charge is 2.24. The van der Waals surface area contributed by atoms with E-state index in [0.717, 1.165) is 24.3 Å². The van der Waals surface area contributed by atoms with Crippen LogP contribution in [-0.4, -0.2) is 17.2 Å². The molecule has 0 bridgehead atoms. The van der Waals surface area contributed by atoms with E-state index >= 15 is 0 Å². The molecule has 0 saturated heterocycles. The van der Waals surface area contributed by atoms with Crippen LogP contribution < -0.4 is 5.46 Å². The molecule has 4 heteroatoms. The fourth-order valence-electron chi connectivity index (χ4n) is 3.28. The summed E-state index contributed by atoms with van der Waals surface area (Å²) in [6, 6.07) is 4.82. The Morgan fingerprint density at radius 1 is 1.20 bits per heavy atom. The van der Waals surface area contributed by atoms with E-state index in [1.165, 1.54) is 44.2 Å². The summed E-state index contributed by atoms with van der Waals surface area (Å²) in [6.07, 6.45) is 8.60. The maximum atomic E-state index is 13.8. The van der Waals surface area contributed by atoms with Gasteiger partial charge in [0, 0.05) is 5.46 Å². The van der Waals surface area contributed by atoms with Crippen molar-refractivity contribution < 1.29 is 14.4 Å². The van der Waals surface area contributed by atoms with E-state index in [-0.39, 0.29) is 5.46 Å². The van der Waals surface area contributed by atoms with Crippen LogP contribution in [0.4, 0.5) is 4.39 Å². The van der Waals surface area contributed by atoms with Crippen LogP contribution in [0.3, 0.4) is 0 Å². The molecule has 0 unspecified atom stereocenters. The molecule has 0 spiro atoms. The summed E-state index contributed by atoms with van der Waals surface area (Å²) in [4.78, 5) is 0. The van der Waals surface area contributed by atoms with Crippen LogP contribution in [0.5, 0.6) is 0 Å². The number of unbranched alkanes of at least 4 members (excludes halogenated alkanes) is 1. The van der Waals surface area contributed by atoms with Crippen molar-refractivity contribution >= 4 is 12.6 Å². The highest BCUT2D eigenvalue weighted by Crippen LogP contribution is 2.37. The quantitative estimate of drug-likeness (QED) is 0.813. The van der Waals surface area contributed by atoms with Gasteiger partial charge in [0.1, 0.15) is 5.82 Å². The first-order valence-corrected chi connectivity index (χ1v) is 7.77. The Morgan fingerprint density at radius 3 is 2.45 bits per heavy atom. The van der Waals surface area contributed by atoms with Crippen molar-refractivity contribution in [1.29, 1.82) is 0 Å². The fourth-order valence-corrected chi connectivity index (χ4v) is 3.28. The molecular weight excluding hydrogens is 254 g/mol. The van der Waals surface area contributed by atoms with E-state index in [2.05, 4.69) is 6.92 Å². The number of hydrogen-bond donors (Lipinski definition) is 2. The molecule has 1 aliphatic rings. The Kier molecular flexibility index (Phi) is 5.61. The van der Waals surface area contributed by atoms with Crippen LogP contribution in [0.25, 0.3) is 0 Å². The summed E-state index contributed by atoms with van der Waals surface area (Å²) in [7, 11) is -1.73. The Morgan fingerprint density at radius 2 is 1.90 bits per heavy atom. The average molecular weight is 278 g/mol. The van der Waals surface area contributed by atoms with Gasteiger partial charge in [-0.3, -0.25) is 0 Å². The third-order valence-corrected chi connectivity index (χ3v) is 4.59. The zero-order chi connectivity index (χ0) is 14.5. The predicted molar refractivity (Wildman–Crippen MR) is 80.4 cm³/mol. The number of benzene rings is 1. The first-order chi connectivity index (χ1) is 9.61. The van der Waals surface area contributed by atoms with Gasteiger partial charge in [-0.2, -0.15) is 0 Å². The van der Waals surface area contributed by atoms with Crippen LogP contribution in [0.15, 0.2) is 18.2 Å². The number of rotatable bonds is 5. The topological polar surface area (TPSA) is 40.5 Å². The highest BCUT2D eigenvalue weighted by molar-refractivity contribution is 6.58. The lowest BCUT2D eigenvalue weighted by Gasteiger charge is -2.29. The Balaban J connectivity index is 1.95. The highest BCUT2D eigenvalue weighted by atomic mass is 19.1. The predicted octanol–water partition coefficient (Wildman–Crippen LogP) is 2.97. The molecule has 0 heterocycles. The van der Waals surface area contributed by atoms with Gasteiger partial charge in [0.05, 0.1) is 0 Å². The first-order valence-electron chi connectivity index (χ1n) is 7.77. The summed E-state index contributed by atoms with van der Waals surface area (Å²) >= 11 is 0. The second-order valence-electron chi connectivity index (χ2n) is 6.01. The zero-order valence-electron chi connectivity index (χ0n) is 12.2. The maximum absolute atomic E-state index is 13.8.